The van der Waals surface area contributed by atoms with Gasteiger partial charge < -0.3 is 14.4 Å². The Kier molecular flexibility index (Phi) is 4.23. The van der Waals surface area contributed by atoms with Crippen LogP contribution in [0.3, 0.4) is 0 Å². The smallest absolute Gasteiger partial charge is 0.254 e. The number of rotatable bonds is 5. The van der Waals surface area contributed by atoms with Gasteiger partial charge in [-0.2, -0.15) is 14.6 Å². The van der Waals surface area contributed by atoms with Crippen molar-refractivity contribution in [2.45, 2.75) is 18.9 Å². The molecular weight excluding hydrogens is 318 g/mol. The monoisotopic (exact) mass is 339 g/mol. The van der Waals surface area contributed by atoms with Crippen molar-refractivity contribution < 1.29 is 9.47 Å². The van der Waals surface area contributed by atoms with Crippen molar-refractivity contribution in [2.75, 3.05) is 32.2 Å². The maximum absolute atomic E-state index is 5.53. The van der Waals surface area contributed by atoms with Gasteiger partial charge >= 0.3 is 0 Å². The van der Waals surface area contributed by atoms with Crippen molar-refractivity contribution in [3.63, 3.8) is 0 Å². The summed E-state index contributed by atoms with van der Waals surface area (Å²) < 4.78 is 12.6. The quantitative estimate of drug-likeness (QED) is 0.710. The van der Waals surface area contributed by atoms with Gasteiger partial charge in [-0.15, -0.1) is 0 Å². The molecule has 2 aromatic heterocycles. The van der Waals surface area contributed by atoms with Gasteiger partial charge in [-0.3, -0.25) is 0 Å². The number of anilines is 1. The molecule has 0 amide bonds. The number of hydrogen-bond donors (Lipinski definition) is 0. The summed E-state index contributed by atoms with van der Waals surface area (Å²) >= 11 is 0. The van der Waals surface area contributed by atoms with E-state index in [4.69, 9.17) is 9.47 Å². The molecule has 3 heterocycles. The predicted molar refractivity (Wildman–Crippen MR) is 94.1 cm³/mol. The number of fused-ring (bicyclic) bond motifs is 1. The first-order chi connectivity index (χ1) is 12.3. The molecule has 0 saturated carbocycles. The van der Waals surface area contributed by atoms with Crippen molar-refractivity contribution in [1.29, 1.82) is 0 Å². The lowest BCUT2D eigenvalue weighted by Crippen LogP contribution is -2.23. The predicted octanol–water partition coefficient (Wildman–Crippen LogP) is 2.27. The molecule has 4 rings (SSSR count). The van der Waals surface area contributed by atoms with Crippen molar-refractivity contribution in [1.82, 2.24) is 19.6 Å². The minimum Gasteiger partial charge on any atom is -0.496 e. The fourth-order valence-electron chi connectivity index (χ4n) is 3.52. The van der Waals surface area contributed by atoms with E-state index in [-0.39, 0.29) is 0 Å². The van der Waals surface area contributed by atoms with Gasteiger partial charge in [0, 0.05) is 32.2 Å². The zero-order valence-corrected chi connectivity index (χ0v) is 14.4. The van der Waals surface area contributed by atoms with Crippen LogP contribution in [0.1, 0.15) is 23.6 Å². The fourth-order valence-corrected chi connectivity index (χ4v) is 3.52. The molecule has 1 aliphatic heterocycles. The Morgan fingerprint density at radius 2 is 2.12 bits per heavy atom. The first-order valence-electron chi connectivity index (χ1n) is 8.36. The van der Waals surface area contributed by atoms with E-state index in [2.05, 4.69) is 32.1 Å². The number of nitrogens with zero attached hydrogens (tertiary/aromatic N) is 5. The number of benzene rings is 1. The normalized spacial score (nSPS) is 17.4. The van der Waals surface area contributed by atoms with E-state index in [0.29, 0.717) is 18.3 Å². The molecule has 0 bridgehead atoms. The van der Waals surface area contributed by atoms with Gasteiger partial charge in [0.2, 0.25) is 0 Å². The van der Waals surface area contributed by atoms with Crippen LogP contribution >= 0.6 is 0 Å². The summed E-state index contributed by atoms with van der Waals surface area (Å²) in [6.07, 6.45) is 2.61. The van der Waals surface area contributed by atoms with Gasteiger partial charge in [-0.05, 0) is 18.1 Å². The SMILES string of the molecule is COCc1cc(N2CCC(c3ccccc3OC)C2)n2ncnc2n1. The Morgan fingerprint density at radius 3 is 2.96 bits per heavy atom. The molecule has 25 heavy (non-hydrogen) atoms. The molecule has 1 saturated heterocycles. The van der Waals surface area contributed by atoms with Crippen LogP contribution < -0.4 is 9.64 Å². The largest absolute Gasteiger partial charge is 0.496 e. The van der Waals surface area contributed by atoms with Crippen molar-refractivity contribution in [3.05, 3.63) is 47.9 Å². The molecule has 1 atom stereocenters. The Labute approximate surface area is 146 Å². The summed E-state index contributed by atoms with van der Waals surface area (Å²) in [6, 6.07) is 10.3. The van der Waals surface area contributed by atoms with Gasteiger partial charge in [0.15, 0.2) is 0 Å². The Morgan fingerprint density at radius 1 is 1.24 bits per heavy atom. The first-order valence-corrected chi connectivity index (χ1v) is 8.36. The lowest BCUT2D eigenvalue weighted by Gasteiger charge is -2.20. The number of methoxy groups -OCH3 is 2. The number of para-hydroxylation sites is 1. The van der Waals surface area contributed by atoms with E-state index in [1.54, 1.807) is 18.7 Å². The highest BCUT2D eigenvalue weighted by atomic mass is 16.5. The Hall–Kier alpha value is -2.67. The maximum Gasteiger partial charge on any atom is 0.254 e. The van der Waals surface area contributed by atoms with E-state index in [9.17, 15) is 0 Å². The van der Waals surface area contributed by atoms with Gasteiger partial charge in [-0.1, -0.05) is 18.2 Å². The van der Waals surface area contributed by atoms with E-state index in [1.807, 2.05) is 18.2 Å². The molecule has 0 aliphatic carbocycles. The zero-order chi connectivity index (χ0) is 17.2. The van der Waals surface area contributed by atoms with E-state index >= 15 is 0 Å². The highest BCUT2D eigenvalue weighted by Gasteiger charge is 2.28. The molecule has 1 aromatic carbocycles. The van der Waals surface area contributed by atoms with Crippen molar-refractivity contribution >= 4 is 11.6 Å². The van der Waals surface area contributed by atoms with Crippen LogP contribution in [0.5, 0.6) is 5.75 Å². The van der Waals surface area contributed by atoms with E-state index < -0.39 is 0 Å². The topological polar surface area (TPSA) is 64.8 Å². The summed E-state index contributed by atoms with van der Waals surface area (Å²) in [5.41, 5.74) is 2.12. The third kappa shape index (κ3) is 2.91. The van der Waals surface area contributed by atoms with Crippen LogP contribution in [0.4, 0.5) is 5.82 Å². The minimum absolute atomic E-state index is 0.425. The van der Waals surface area contributed by atoms with E-state index in [1.165, 1.54) is 11.9 Å². The molecule has 7 heteroatoms. The summed E-state index contributed by atoms with van der Waals surface area (Å²) in [5.74, 6) is 2.99. The van der Waals surface area contributed by atoms with Gasteiger partial charge in [-0.25, -0.2) is 4.98 Å². The maximum atomic E-state index is 5.53. The number of aromatic nitrogens is 4. The van der Waals surface area contributed by atoms with Crippen LogP contribution in [-0.2, 0) is 11.3 Å². The molecule has 130 valence electrons. The second-order valence-electron chi connectivity index (χ2n) is 6.18. The molecule has 0 spiro atoms. The first kappa shape index (κ1) is 15.8. The van der Waals surface area contributed by atoms with Gasteiger partial charge in [0.05, 0.1) is 19.4 Å². The molecule has 3 aromatic rings. The molecular formula is C18H21N5O2. The summed E-state index contributed by atoms with van der Waals surface area (Å²) in [5, 5.41) is 4.33. The lowest BCUT2D eigenvalue weighted by molar-refractivity contribution is 0.181. The molecule has 7 nitrogen and oxygen atoms in total. The number of hydrogen-bond acceptors (Lipinski definition) is 6. The Bertz CT molecular complexity index is 879. The third-order valence-electron chi connectivity index (χ3n) is 4.67. The molecule has 1 fully saturated rings. The number of ether oxygens (including phenoxy) is 2. The third-order valence-corrected chi connectivity index (χ3v) is 4.67. The Balaban J connectivity index is 1.65. The van der Waals surface area contributed by atoms with Crippen molar-refractivity contribution in [2.24, 2.45) is 0 Å². The van der Waals surface area contributed by atoms with Crippen LogP contribution in [0.15, 0.2) is 36.7 Å². The average Bonchev–Trinajstić information content (AvgIpc) is 3.30. The van der Waals surface area contributed by atoms with E-state index in [0.717, 1.165) is 36.8 Å². The average molecular weight is 339 g/mol. The summed E-state index contributed by atoms with van der Waals surface area (Å²) in [6.45, 7) is 2.32. The van der Waals surface area contributed by atoms with Crippen LogP contribution in [0.2, 0.25) is 0 Å². The summed E-state index contributed by atoms with van der Waals surface area (Å²) in [4.78, 5) is 11.0. The molecule has 0 radical (unpaired) electrons. The van der Waals surface area contributed by atoms with Crippen LogP contribution in [0, 0.1) is 0 Å². The van der Waals surface area contributed by atoms with Gasteiger partial charge in [0.25, 0.3) is 5.78 Å². The zero-order valence-electron chi connectivity index (χ0n) is 14.4. The van der Waals surface area contributed by atoms with Crippen LogP contribution in [-0.4, -0.2) is 46.9 Å². The highest BCUT2D eigenvalue weighted by molar-refractivity contribution is 5.50. The lowest BCUT2D eigenvalue weighted by atomic mass is 9.97. The minimum atomic E-state index is 0.425. The van der Waals surface area contributed by atoms with Crippen molar-refractivity contribution in [3.8, 4) is 5.75 Å². The summed E-state index contributed by atoms with van der Waals surface area (Å²) in [7, 11) is 3.40. The van der Waals surface area contributed by atoms with Crippen LogP contribution in [0.25, 0.3) is 5.78 Å². The molecule has 1 aliphatic rings. The second kappa shape index (κ2) is 6.68. The standard InChI is InChI=1S/C18H21N5O2/c1-24-11-14-9-17(23-18(21-14)19-12-20-23)22-8-7-13(10-22)15-5-3-4-6-16(15)25-2/h3-6,9,12-13H,7-8,10-11H2,1-2H3. The molecule has 0 N–H and O–H groups in total. The fraction of sp³-hybridized carbons (Fsp3) is 0.389. The van der Waals surface area contributed by atoms with Gasteiger partial charge in [0.1, 0.15) is 17.9 Å². The molecule has 1 unspecified atom stereocenters. The second-order valence-corrected chi connectivity index (χ2v) is 6.18. The highest BCUT2D eigenvalue weighted by Crippen LogP contribution is 2.35.